The molecule has 0 amide bonds. The van der Waals surface area contributed by atoms with Gasteiger partial charge in [-0.1, -0.05) is 214 Å². The Labute approximate surface area is 408 Å². The van der Waals surface area contributed by atoms with Gasteiger partial charge in [0.25, 0.3) is 0 Å². The molecule has 5 nitrogen and oxygen atoms in total. The summed E-state index contributed by atoms with van der Waals surface area (Å²) >= 11 is 0. The van der Waals surface area contributed by atoms with E-state index in [9.17, 15) is 9.59 Å². The highest BCUT2D eigenvalue weighted by molar-refractivity contribution is 5.70. The molecule has 0 saturated carbocycles. The highest BCUT2D eigenvalue weighted by Crippen LogP contribution is 2.14. The van der Waals surface area contributed by atoms with E-state index in [-0.39, 0.29) is 25.2 Å². The van der Waals surface area contributed by atoms with E-state index in [0.29, 0.717) is 19.4 Å². The molecule has 0 aromatic carbocycles. The van der Waals surface area contributed by atoms with E-state index in [4.69, 9.17) is 14.2 Å². The van der Waals surface area contributed by atoms with Crippen LogP contribution in [0.5, 0.6) is 0 Å². The molecule has 0 heterocycles. The van der Waals surface area contributed by atoms with Crippen LogP contribution in [-0.4, -0.2) is 37.9 Å². The van der Waals surface area contributed by atoms with E-state index < -0.39 is 6.10 Å². The normalized spacial score (nSPS) is 13.1. The first kappa shape index (κ1) is 62.6. The zero-order valence-electron chi connectivity index (χ0n) is 43.2. The van der Waals surface area contributed by atoms with Crippen molar-refractivity contribution in [2.45, 2.75) is 245 Å². The van der Waals surface area contributed by atoms with Crippen molar-refractivity contribution in [1.29, 1.82) is 0 Å². The molecular formula is C61H102O5. The number of allylic oxidation sites excluding steroid dienone is 18. The number of ether oxygens (including phenoxy) is 3. The van der Waals surface area contributed by atoms with Crippen molar-refractivity contribution >= 4 is 11.9 Å². The first-order valence-electron chi connectivity index (χ1n) is 27.4. The summed E-state index contributed by atoms with van der Waals surface area (Å²) in [5.41, 5.74) is 0. The molecule has 376 valence electrons. The van der Waals surface area contributed by atoms with Gasteiger partial charge in [-0.05, 0) is 122 Å². The third-order valence-corrected chi connectivity index (χ3v) is 11.3. The fourth-order valence-corrected chi connectivity index (χ4v) is 7.25. The lowest BCUT2D eigenvalue weighted by molar-refractivity contribution is -0.163. The maximum atomic E-state index is 12.8. The molecule has 0 aromatic heterocycles. The van der Waals surface area contributed by atoms with Gasteiger partial charge in [-0.3, -0.25) is 9.59 Å². The van der Waals surface area contributed by atoms with E-state index in [1.54, 1.807) is 0 Å². The van der Waals surface area contributed by atoms with E-state index >= 15 is 0 Å². The molecule has 66 heavy (non-hydrogen) atoms. The molecule has 0 aliphatic carbocycles. The molecule has 0 saturated heterocycles. The largest absolute Gasteiger partial charge is 0.462 e. The summed E-state index contributed by atoms with van der Waals surface area (Å²) in [5, 5.41) is 0. The smallest absolute Gasteiger partial charge is 0.306 e. The van der Waals surface area contributed by atoms with Gasteiger partial charge in [0.1, 0.15) is 6.61 Å². The quantitative estimate of drug-likeness (QED) is 0.0346. The second-order valence-electron chi connectivity index (χ2n) is 17.7. The predicted molar refractivity (Wildman–Crippen MR) is 288 cm³/mol. The molecule has 0 aromatic rings. The van der Waals surface area contributed by atoms with Crippen molar-refractivity contribution in [3.63, 3.8) is 0 Å². The van der Waals surface area contributed by atoms with Crippen LogP contribution in [0.4, 0.5) is 0 Å². The molecule has 0 rings (SSSR count). The molecule has 0 spiro atoms. The standard InChI is InChI=1S/C61H102O5/c1-4-7-10-13-16-19-22-25-28-29-30-31-32-35-38-41-44-47-50-53-56-64-57-59(66-61(63)55-52-49-46-43-40-37-34-27-24-21-18-15-12-9-6-3)58-65-60(62)54-51-48-45-42-39-36-33-26-23-20-17-14-11-8-5-2/h8-9,11-12,16-21,25-28,33-34,39,42,59H,4-7,10,13-15,22-24,29-32,35-38,40-41,43-58H2,1-3H3/b11-8-,12-9-,19-16-,20-17-,21-18-,28-25-,33-26-,34-27-,42-39-. The van der Waals surface area contributed by atoms with Crippen molar-refractivity contribution in [3.05, 3.63) is 109 Å². The lowest BCUT2D eigenvalue weighted by Gasteiger charge is -2.18. The first-order valence-corrected chi connectivity index (χ1v) is 27.4. The van der Waals surface area contributed by atoms with Crippen LogP contribution in [0.3, 0.4) is 0 Å². The molecule has 1 unspecified atom stereocenters. The average Bonchev–Trinajstić information content (AvgIpc) is 3.32. The van der Waals surface area contributed by atoms with Gasteiger partial charge in [-0.2, -0.15) is 0 Å². The van der Waals surface area contributed by atoms with Gasteiger partial charge in [0, 0.05) is 19.4 Å². The van der Waals surface area contributed by atoms with Gasteiger partial charge in [-0.15, -0.1) is 0 Å². The van der Waals surface area contributed by atoms with Crippen LogP contribution in [0.1, 0.15) is 239 Å². The molecule has 0 aliphatic heterocycles. The molecule has 5 heteroatoms. The number of rotatable bonds is 49. The number of esters is 2. The number of hydrogen-bond acceptors (Lipinski definition) is 5. The van der Waals surface area contributed by atoms with Crippen LogP contribution in [0, 0.1) is 0 Å². The van der Waals surface area contributed by atoms with Crippen LogP contribution in [0.25, 0.3) is 0 Å². The molecular weight excluding hydrogens is 813 g/mol. The van der Waals surface area contributed by atoms with Gasteiger partial charge in [0.05, 0.1) is 6.61 Å². The summed E-state index contributed by atoms with van der Waals surface area (Å²) < 4.78 is 17.4. The second kappa shape index (κ2) is 55.9. The van der Waals surface area contributed by atoms with Crippen LogP contribution in [-0.2, 0) is 23.8 Å². The summed E-state index contributed by atoms with van der Waals surface area (Å²) in [6, 6.07) is 0. The second-order valence-corrected chi connectivity index (χ2v) is 17.7. The Morgan fingerprint density at radius 1 is 0.348 bits per heavy atom. The third-order valence-electron chi connectivity index (χ3n) is 11.3. The van der Waals surface area contributed by atoms with Crippen molar-refractivity contribution < 1.29 is 23.8 Å². The Kier molecular flexibility index (Phi) is 53.0. The van der Waals surface area contributed by atoms with Crippen molar-refractivity contribution in [2.75, 3.05) is 19.8 Å². The van der Waals surface area contributed by atoms with Gasteiger partial charge in [0.2, 0.25) is 0 Å². The summed E-state index contributed by atoms with van der Waals surface area (Å²) in [6.07, 6.45) is 76.8. The maximum absolute atomic E-state index is 12.8. The zero-order chi connectivity index (χ0) is 47.7. The monoisotopic (exact) mass is 915 g/mol. The fourth-order valence-electron chi connectivity index (χ4n) is 7.25. The summed E-state index contributed by atoms with van der Waals surface area (Å²) in [6.45, 7) is 7.51. The third kappa shape index (κ3) is 53.2. The Balaban J connectivity index is 4.36. The van der Waals surface area contributed by atoms with Crippen LogP contribution in [0.2, 0.25) is 0 Å². The Bertz CT molecular complexity index is 1310. The minimum atomic E-state index is -0.571. The van der Waals surface area contributed by atoms with E-state index in [1.165, 1.54) is 96.3 Å². The predicted octanol–water partition coefficient (Wildman–Crippen LogP) is 18.8. The van der Waals surface area contributed by atoms with Crippen LogP contribution in [0.15, 0.2) is 109 Å². The fraction of sp³-hybridized carbons (Fsp3) is 0.672. The molecule has 0 fully saturated rings. The summed E-state index contributed by atoms with van der Waals surface area (Å²) in [7, 11) is 0. The number of hydrogen-bond donors (Lipinski definition) is 0. The number of carbonyl (C=O) groups excluding carboxylic acids is 2. The van der Waals surface area contributed by atoms with E-state index in [2.05, 4.69) is 130 Å². The maximum Gasteiger partial charge on any atom is 0.306 e. The Morgan fingerprint density at radius 3 is 1.12 bits per heavy atom. The zero-order valence-corrected chi connectivity index (χ0v) is 43.2. The molecule has 0 N–H and O–H groups in total. The molecule has 0 bridgehead atoms. The van der Waals surface area contributed by atoms with Crippen LogP contribution >= 0.6 is 0 Å². The Morgan fingerprint density at radius 2 is 0.682 bits per heavy atom. The lowest BCUT2D eigenvalue weighted by Crippen LogP contribution is -2.30. The topological polar surface area (TPSA) is 61.8 Å². The minimum absolute atomic E-state index is 0.0498. The Hall–Kier alpha value is -3.44. The minimum Gasteiger partial charge on any atom is -0.462 e. The molecule has 0 radical (unpaired) electrons. The molecule has 1 atom stereocenters. The number of unbranched alkanes of at least 4 members (excludes halogenated alkanes) is 20. The summed E-state index contributed by atoms with van der Waals surface area (Å²) in [4.78, 5) is 25.4. The van der Waals surface area contributed by atoms with Gasteiger partial charge < -0.3 is 14.2 Å². The van der Waals surface area contributed by atoms with Crippen molar-refractivity contribution in [3.8, 4) is 0 Å². The highest BCUT2D eigenvalue weighted by atomic mass is 16.6. The van der Waals surface area contributed by atoms with Crippen LogP contribution < -0.4 is 0 Å². The SMILES string of the molecule is CC/C=C\C/C=C\C/C=C\C/C=C\CCCCC(=O)OCC(COCCCCCCCCCCCC/C=C\C/C=C\CCCCC)OC(=O)CCCCCCC/C=C\C/C=C\C/C=C\CC. The molecule has 0 aliphatic rings. The van der Waals surface area contributed by atoms with Crippen molar-refractivity contribution in [2.24, 2.45) is 0 Å². The number of carbonyl (C=O) groups is 2. The van der Waals surface area contributed by atoms with Gasteiger partial charge >= 0.3 is 11.9 Å². The van der Waals surface area contributed by atoms with Crippen molar-refractivity contribution in [1.82, 2.24) is 0 Å². The van der Waals surface area contributed by atoms with E-state index in [1.807, 2.05) is 0 Å². The average molecular weight is 915 g/mol. The van der Waals surface area contributed by atoms with E-state index in [0.717, 1.165) is 109 Å². The summed E-state index contributed by atoms with van der Waals surface area (Å²) in [5.74, 6) is -0.469. The van der Waals surface area contributed by atoms with Gasteiger partial charge in [-0.25, -0.2) is 0 Å². The van der Waals surface area contributed by atoms with Gasteiger partial charge in [0.15, 0.2) is 6.10 Å². The highest BCUT2D eigenvalue weighted by Gasteiger charge is 2.17. The lowest BCUT2D eigenvalue weighted by atomic mass is 10.1. The first-order chi connectivity index (χ1) is 32.6.